The summed E-state index contributed by atoms with van der Waals surface area (Å²) in [6, 6.07) is 17.7. The Hall–Kier alpha value is -1.12. The molecule has 0 saturated carbocycles. The molecule has 2 aromatic carbocycles. The summed E-state index contributed by atoms with van der Waals surface area (Å²) >= 11 is 3.47. The fourth-order valence-corrected chi connectivity index (χ4v) is 2.68. The Bertz CT molecular complexity index is 519. The van der Waals surface area contributed by atoms with Crippen LogP contribution in [-0.2, 0) is 13.0 Å². The Morgan fingerprint density at radius 1 is 1.06 bits per heavy atom. The Balaban J connectivity index is 1.81. The molecule has 1 aliphatic rings. The first-order valence-corrected chi connectivity index (χ1v) is 6.68. The molecule has 0 radical (unpaired) electrons. The van der Waals surface area contributed by atoms with Gasteiger partial charge in [0, 0.05) is 17.1 Å². The van der Waals surface area contributed by atoms with E-state index in [-0.39, 0.29) is 0 Å². The maximum atomic E-state index is 3.57. The van der Waals surface area contributed by atoms with Gasteiger partial charge in [-0.2, -0.15) is 0 Å². The summed E-state index contributed by atoms with van der Waals surface area (Å²) < 4.78 is 1.14. The van der Waals surface area contributed by atoms with Crippen molar-refractivity contribution in [2.24, 2.45) is 0 Å². The minimum atomic E-state index is 0.465. The van der Waals surface area contributed by atoms with E-state index >= 15 is 0 Å². The van der Waals surface area contributed by atoms with Gasteiger partial charge in [-0.25, -0.2) is 0 Å². The molecule has 1 aliphatic heterocycles. The van der Waals surface area contributed by atoms with Crippen LogP contribution >= 0.6 is 15.9 Å². The summed E-state index contributed by atoms with van der Waals surface area (Å²) in [6.07, 6.45) is 1.06. The molecule has 1 heterocycles. The van der Waals surface area contributed by atoms with Crippen molar-refractivity contribution in [3.63, 3.8) is 0 Å². The average molecular weight is 288 g/mol. The van der Waals surface area contributed by atoms with Crippen LogP contribution in [0, 0.1) is 0 Å². The SMILES string of the molecule is Brc1ccc(CC2NCc3ccccc32)cc1. The smallest absolute Gasteiger partial charge is 0.0367 e. The predicted molar refractivity (Wildman–Crippen MR) is 73.9 cm³/mol. The van der Waals surface area contributed by atoms with E-state index in [9.17, 15) is 0 Å². The monoisotopic (exact) mass is 287 g/mol. The van der Waals surface area contributed by atoms with Crippen molar-refractivity contribution in [1.82, 2.24) is 5.32 Å². The lowest BCUT2D eigenvalue weighted by molar-refractivity contribution is 0.581. The summed E-state index contributed by atoms with van der Waals surface area (Å²) in [5.41, 5.74) is 4.27. The van der Waals surface area contributed by atoms with E-state index < -0.39 is 0 Å². The highest BCUT2D eigenvalue weighted by molar-refractivity contribution is 9.10. The van der Waals surface area contributed by atoms with Gasteiger partial charge in [0.05, 0.1) is 0 Å². The number of nitrogens with one attached hydrogen (secondary N) is 1. The fourth-order valence-electron chi connectivity index (χ4n) is 2.42. The highest BCUT2D eigenvalue weighted by atomic mass is 79.9. The number of rotatable bonds is 2. The summed E-state index contributed by atoms with van der Waals surface area (Å²) in [6.45, 7) is 0.997. The summed E-state index contributed by atoms with van der Waals surface area (Å²) in [4.78, 5) is 0. The lowest BCUT2D eigenvalue weighted by Crippen LogP contribution is -2.14. The van der Waals surface area contributed by atoms with Crippen LogP contribution in [0.3, 0.4) is 0 Å². The summed E-state index contributed by atoms with van der Waals surface area (Å²) in [5.74, 6) is 0. The number of hydrogen-bond donors (Lipinski definition) is 1. The second kappa shape index (κ2) is 4.63. The molecule has 2 heteroatoms. The lowest BCUT2D eigenvalue weighted by atomic mass is 9.99. The Morgan fingerprint density at radius 2 is 1.82 bits per heavy atom. The van der Waals surface area contributed by atoms with E-state index in [1.165, 1.54) is 16.7 Å². The second-order valence-electron chi connectivity index (χ2n) is 4.46. The molecule has 1 N–H and O–H groups in total. The maximum Gasteiger partial charge on any atom is 0.0367 e. The van der Waals surface area contributed by atoms with Crippen LogP contribution in [0.1, 0.15) is 22.7 Å². The highest BCUT2D eigenvalue weighted by Gasteiger charge is 2.20. The van der Waals surface area contributed by atoms with Gasteiger partial charge in [0.15, 0.2) is 0 Å². The van der Waals surface area contributed by atoms with Crippen LogP contribution in [0.2, 0.25) is 0 Å². The van der Waals surface area contributed by atoms with E-state index in [0.29, 0.717) is 6.04 Å². The van der Waals surface area contributed by atoms with Crippen molar-refractivity contribution in [1.29, 1.82) is 0 Å². The van der Waals surface area contributed by atoms with Crippen molar-refractivity contribution in [2.45, 2.75) is 19.0 Å². The van der Waals surface area contributed by atoms with Crippen LogP contribution in [-0.4, -0.2) is 0 Å². The lowest BCUT2D eigenvalue weighted by Gasteiger charge is -2.12. The highest BCUT2D eigenvalue weighted by Crippen LogP contribution is 2.28. The molecule has 1 unspecified atom stereocenters. The number of hydrogen-bond acceptors (Lipinski definition) is 1. The molecular formula is C15H14BrN. The number of halogens is 1. The van der Waals surface area contributed by atoms with Gasteiger partial charge in [-0.3, -0.25) is 0 Å². The van der Waals surface area contributed by atoms with Crippen molar-refractivity contribution in [3.05, 3.63) is 69.7 Å². The molecule has 86 valence electrons. The van der Waals surface area contributed by atoms with Gasteiger partial charge in [-0.1, -0.05) is 52.3 Å². The molecule has 0 spiro atoms. The first kappa shape index (κ1) is 11.0. The topological polar surface area (TPSA) is 12.0 Å². The molecule has 17 heavy (non-hydrogen) atoms. The summed E-state index contributed by atoms with van der Waals surface area (Å²) in [5, 5.41) is 3.57. The second-order valence-corrected chi connectivity index (χ2v) is 5.38. The third kappa shape index (κ3) is 2.28. The molecule has 0 amide bonds. The number of fused-ring (bicyclic) bond motifs is 1. The Kier molecular flexibility index (Phi) is 3.00. The first-order chi connectivity index (χ1) is 8.33. The molecule has 0 aromatic heterocycles. The molecule has 1 nitrogen and oxygen atoms in total. The van der Waals surface area contributed by atoms with Crippen LogP contribution in [0.4, 0.5) is 0 Å². The van der Waals surface area contributed by atoms with Gasteiger partial charge in [-0.15, -0.1) is 0 Å². The fraction of sp³-hybridized carbons (Fsp3) is 0.200. The van der Waals surface area contributed by atoms with E-state index in [4.69, 9.17) is 0 Å². The van der Waals surface area contributed by atoms with E-state index in [1.54, 1.807) is 0 Å². The van der Waals surface area contributed by atoms with E-state index in [2.05, 4.69) is 69.8 Å². The van der Waals surface area contributed by atoms with Crippen molar-refractivity contribution in [3.8, 4) is 0 Å². The average Bonchev–Trinajstić information content (AvgIpc) is 2.76. The number of benzene rings is 2. The molecule has 1 atom stereocenters. The van der Waals surface area contributed by atoms with Crippen molar-refractivity contribution in [2.75, 3.05) is 0 Å². The summed E-state index contributed by atoms with van der Waals surface area (Å²) in [7, 11) is 0. The maximum absolute atomic E-state index is 3.57. The standard InChI is InChI=1S/C15H14BrN/c16-13-7-5-11(6-8-13)9-15-14-4-2-1-3-12(14)10-17-15/h1-8,15,17H,9-10H2. The third-order valence-corrected chi connectivity index (χ3v) is 3.85. The zero-order chi connectivity index (χ0) is 11.7. The zero-order valence-electron chi connectivity index (χ0n) is 9.49. The van der Waals surface area contributed by atoms with Crippen LogP contribution < -0.4 is 5.32 Å². The van der Waals surface area contributed by atoms with Crippen molar-refractivity contribution < 1.29 is 0 Å². The van der Waals surface area contributed by atoms with Gasteiger partial charge < -0.3 is 5.32 Å². The van der Waals surface area contributed by atoms with Gasteiger partial charge >= 0.3 is 0 Å². The van der Waals surface area contributed by atoms with E-state index in [0.717, 1.165) is 17.4 Å². The largest absolute Gasteiger partial charge is 0.306 e. The Morgan fingerprint density at radius 3 is 2.65 bits per heavy atom. The normalized spacial score (nSPS) is 18.1. The van der Waals surface area contributed by atoms with Crippen LogP contribution in [0.15, 0.2) is 53.0 Å². The van der Waals surface area contributed by atoms with Crippen LogP contribution in [0.5, 0.6) is 0 Å². The van der Waals surface area contributed by atoms with Gasteiger partial charge in [0.1, 0.15) is 0 Å². The molecule has 2 aromatic rings. The predicted octanol–water partition coefficient (Wildman–Crippen LogP) is 3.84. The van der Waals surface area contributed by atoms with Crippen LogP contribution in [0.25, 0.3) is 0 Å². The quantitative estimate of drug-likeness (QED) is 0.885. The minimum absolute atomic E-state index is 0.465. The first-order valence-electron chi connectivity index (χ1n) is 5.88. The van der Waals surface area contributed by atoms with Gasteiger partial charge in [0.25, 0.3) is 0 Å². The van der Waals surface area contributed by atoms with Crippen molar-refractivity contribution >= 4 is 15.9 Å². The molecule has 0 saturated heterocycles. The Labute approximate surface area is 110 Å². The zero-order valence-corrected chi connectivity index (χ0v) is 11.1. The van der Waals surface area contributed by atoms with Gasteiger partial charge in [-0.05, 0) is 35.2 Å². The minimum Gasteiger partial charge on any atom is -0.306 e. The molecule has 3 rings (SSSR count). The molecule has 0 bridgehead atoms. The van der Waals surface area contributed by atoms with Gasteiger partial charge in [0.2, 0.25) is 0 Å². The molecule has 0 fully saturated rings. The molecular weight excluding hydrogens is 274 g/mol. The third-order valence-electron chi connectivity index (χ3n) is 3.32. The van der Waals surface area contributed by atoms with E-state index in [1.807, 2.05) is 0 Å². The molecule has 0 aliphatic carbocycles.